The van der Waals surface area contributed by atoms with Crippen LogP contribution < -0.4 is 0 Å². The molecule has 0 N–H and O–H groups in total. The van der Waals surface area contributed by atoms with Gasteiger partial charge >= 0.3 is 6.18 Å². The summed E-state index contributed by atoms with van der Waals surface area (Å²) in [4.78, 5) is 0. The van der Waals surface area contributed by atoms with Crippen LogP contribution in [0.3, 0.4) is 0 Å². The van der Waals surface area contributed by atoms with Gasteiger partial charge in [0.1, 0.15) is 5.82 Å². The van der Waals surface area contributed by atoms with Crippen LogP contribution in [0.15, 0.2) is 54.6 Å². The molecule has 27 heavy (non-hydrogen) atoms. The first-order valence-corrected chi connectivity index (χ1v) is 8.99. The average Bonchev–Trinajstić information content (AvgIpc) is 2.97. The van der Waals surface area contributed by atoms with Crippen molar-refractivity contribution < 1.29 is 17.6 Å². The summed E-state index contributed by atoms with van der Waals surface area (Å²) in [5.41, 5.74) is 5.44. The van der Waals surface area contributed by atoms with Crippen molar-refractivity contribution in [2.24, 2.45) is 0 Å². The van der Waals surface area contributed by atoms with Crippen molar-refractivity contribution >= 4 is 0 Å². The fourth-order valence-electron chi connectivity index (χ4n) is 3.78. The molecule has 0 saturated heterocycles. The van der Waals surface area contributed by atoms with Crippen LogP contribution in [0.25, 0.3) is 22.3 Å². The Morgan fingerprint density at radius 3 is 2.19 bits per heavy atom. The molecular formula is C23H18F4. The molecule has 0 saturated carbocycles. The highest BCUT2D eigenvalue weighted by atomic mass is 19.4. The van der Waals surface area contributed by atoms with Crippen LogP contribution >= 0.6 is 0 Å². The van der Waals surface area contributed by atoms with Crippen LogP contribution in [0.1, 0.15) is 35.6 Å². The molecule has 0 spiro atoms. The lowest BCUT2D eigenvalue weighted by molar-refractivity contribution is -0.137. The molecule has 0 fully saturated rings. The van der Waals surface area contributed by atoms with Gasteiger partial charge in [-0.1, -0.05) is 43.7 Å². The molecule has 0 radical (unpaired) electrons. The zero-order valence-electron chi connectivity index (χ0n) is 14.8. The van der Waals surface area contributed by atoms with Crippen molar-refractivity contribution in [2.75, 3.05) is 0 Å². The van der Waals surface area contributed by atoms with Gasteiger partial charge in [0, 0.05) is 5.56 Å². The zero-order chi connectivity index (χ0) is 19.2. The minimum absolute atomic E-state index is 0.337. The Kier molecular flexibility index (Phi) is 4.29. The summed E-state index contributed by atoms with van der Waals surface area (Å²) in [6, 6.07) is 14.2. The highest BCUT2D eigenvalue weighted by molar-refractivity contribution is 5.80. The molecule has 0 bridgehead atoms. The van der Waals surface area contributed by atoms with Crippen LogP contribution in [0, 0.1) is 5.82 Å². The van der Waals surface area contributed by atoms with Gasteiger partial charge in [-0.2, -0.15) is 13.2 Å². The third kappa shape index (κ3) is 3.25. The highest BCUT2D eigenvalue weighted by Gasteiger charge is 2.30. The molecule has 0 aliphatic heterocycles. The van der Waals surface area contributed by atoms with Crippen molar-refractivity contribution in [3.8, 4) is 22.3 Å². The van der Waals surface area contributed by atoms with Gasteiger partial charge in [0.05, 0.1) is 5.56 Å². The molecule has 4 heteroatoms. The SMILES string of the molecule is CCCc1ccc2c(c1)Cc1cc(-c3ccc(C(F)(F)F)cc3)c(F)cc1-2. The van der Waals surface area contributed by atoms with E-state index in [2.05, 4.69) is 19.1 Å². The quantitative estimate of drug-likeness (QED) is 0.339. The molecule has 1 aliphatic rings. The number of halogens is 4. The number of fused-ring (bicyclic) bond motifs is 3. The molecule has 0 nitrogen and oxygen atoms in total. The average molecular weight is 370 g/mol. The van der Waals surface area contributed by atoms with Gasteiger partial charge in [0.25, 0.3) is 0 Å². The summed E-state index contributed by atoms with van der Waals surface area (Å²) >= 11 is 0. The summed E-state index contributed by atoms with van der Waals surface area (Å²) in [7, 11) is 0. The lowest BCUT2D eigenvalue weighted by Gasteiger charge is -2.10. The van der Waals surface area contributed by atoms with Gasteiger partial charge in [0.2, 0.25) is 0 Å². The topological polar surface area (TPSA) is 0 Å². The van der Waals surface area contributed by atoms with E-state index in [0.717, 1.165) is 48.1 Å². The largest absolute Gasteiger partial charge is 0.416 e. The number of aryl methyl sites for hydroxylation is 1. The normalized spacial score (nSPS) is 12.8. The molecule has 3 aromatic rings. The van der Waals surface area contributed by atoms with Crippen LogP contribution in [-0.4, -0.2) is 0 Å². The van der Waals surface area contributed by atoms with Crippen LogP contribution in [0.4, 0.5) is 17.6 Å². The fourth-order valence-corrected chi connectivity index (χ4v) is 3.78. The van der Waals surface area contributed by atoms with Crippen molar-refractivity contribution in [2.45, 2.75) is 32.4 Å². The van der Waals surface area contributed by atoms with E-state index in [4.69, 9.17) is 0 Å². The summed E-state index contributed by atoms with van der Waals surface area (Å²) in [6.07, 6.45) is -1.60. The second kappa shape index (κ2) is 6.52. The minimum atomic E-state index is -4.40. The summed E-state index contributed by atoms with van der Waals surface area (Å²) in [6.45, 7) is 2.13. The summed E-state index contributed by atoms with van der Waals surface area (Å²) in [5.74, 6) is -0.418. The predicted octanol–water partition coefficient (Wildman–Crippen LogP) is 7.04. The van der Waals surface area contributed by atoms with E-state index in [9.17, 15) is 17.6 Å². The second-order valence-electron chi connectivity index (χ2n) is 6.98. The first-order valence-electron chi connectivity index (χ1n) is 8.99. The maximum absolute atomic E-state index is 14.7. The number of hydrogen-bond donors (Lipinski definition) is 0. The van der Waals surface area contributed by atoms with Crippen molar-refractivity contribution in [3.05, 3.63) is 82.7 Å². The Morgan fingerprint density at radius 1 is 0.815 bits per heavy atom. The van der Waals surface area contributed by atoms with Gasteiger partial charge in [-0.15, -0.1) is 0 Å². The van der Waals surface area contributed by atoms with E-state index in [1.54, 1.807) is 6.07 Å². The monoisotopic (exact) mass is 370 g/mol. The van der Waals surface area contributed by atoms with E-state index < -0.39 is 17.6 Å². The minimum Gasteiger partial charge on any atom is -0.206 e. The van der Waals surface area contributed by atoms with Gasteiger partial charge in [0.15, 0.2) is 0 Å². The smallest absolute Gasteiger partial charge is 0.206 e. The maximum atomic E-state index is 14.7. The lowest BCUT2D eigenvalue weighted by atomic mass is 9.97. The number of benzene rings is 3. The van der Waals surface area contributed by atoms with Crippen molar-refractivity contribution in [1.29, 1.82) is 0 Å². The summed E-state index contributed by atoms with van der Waals surface area (Å²) in [5, 5.41) is 0. The van der Waals surface area contributed by atoms with E-state index >= 15 is 0 Å². The molecule has 0 atom stereocenters. The van der Waals surface area contributed by atoms with Gasteiger partial charge in [-0.3, -0.25) is 0 Å². The number of hydrogen-bond acceptors (Lipinski definition) is 0. The standard InChI is InChI=1S/C23H18F4/c1-2-3-14-4-9-19-16(10-14)11-17-12-21(22(24)13-20(17)19)15-5-7-18(8-6-15)23(25,26)27/h4-10,12-13H,2-3,11H2,1H3. The molecule has 0 amide bonds. The van der Waals surface area contributed by atoms with Gasteiger partial charge < -0.3 is 0 Å². The van der Waals surface area contributed by atoms with Crippen LogP contribution in [0.2, 0.25) is 0 Å². The Labute approximate surface area is 155 Å². The Balaban J connectivity index is 1.71. The molecule has 3 aromatic carbocycles. The fraction of sp³-hybridized carbons (Fsp3) is 0.217. The molecule has 4 rings (SSSR count). The third-order valence-electron chi connectivity index (χ3n) is 5.10. The Morgan fingerprint density at radius 2 is 1.52 bits per heavy atom. The van der Waals surface area contributed by atoms with Crippen molar-refractivity contribution in [1.82, 2.24) is 0 Å². The van der Waals surface area contributed by atoms with Crippen molar-refractivity contribution in [3.63, 3.8) is 0 Å². The first-order chi connectivity index (χ1) is 12.9. The van der Waals surface area contributed by atoms with E-state index in [-0.39, 0.29) is 0 Å². The maximum Gasteiger partial charge on any atom is 0.416 e. The molecule has 0 aromatic heterocycles. The second-order valence-corrected chi connectivity index (χ2v) is 6.98. The number of alkyl halides is 3. The molecule has 1 aliphatic carbocycles. The Hall–Kier alpha value is -2.62. The third-order valence-corrected chi connectivity index (χ3v) is 5.10. The van der Waals surface area contributed by atoms with Gasteiger partial charge in [-0.05, 0) is 70.5 Å². The lowest BCUT2D eigenvalue weighted by Crippen LogP contribution is -2.04. The van der Waals surface area contributed by atoms with E-state index in [1.165, 1.54) is 29.3 Å². The van der Waals surface area contributed by atoms with E-state index in [0.29, 0.717) is 11.1 Å². The van der Waals surface area contributed by atoms with Gasteiger partial charge in [-0.25, -0.2) is 4.39 Å². The molecular weight excluding hydrogens is 352 g/mol. The van der Waals surface area contributed by atoms with Crippen LogP contribution in [-0.2, 0) is 19.0 Å². The summed E-state index contributed by atoms with van der Waals surface area (Å²) < 4.78 is 53.0. The molecule has 0 unspecified atom stereocenters. The molecule has 138 valence electrons. The molecule has 0 heterocycles. The highest BCUT2D eigenvalue weighted by Crippen LogP contribution is 2.41. The van der Waals surface area contributed by atoms with Crippen LogP contribution in [0.5, 0.6) is 0 Å². The predicted molar refractivity (Wildman–Crippen MR) is 99.1 cm³/mol. The first kappa shape index (κ1) is 17.8. The zero-order valence-corrected chi connectivity index (χ0v) is 14.8. The van der Waals surface area contributed by atoms with E-state index in [1.807, 2.05) is 6.07 Å². The number of rotatable bonds is 3. The Bertz CT molecular complexity index is 998.